The number of aliphatic carboxylic acids is 1. The zero-order valence-corrected chi connectivity index (χ0v) is 25.9. The Bertz CT molecular complexity index is 1570. The molecule has 1 aliphatic heterocycles. The number of nitrogens with zero attached hydrogens (tertiary/aromatic N) is 1. The lowest BCUT2D eigenvalue weighted by Gasteiger charge is -2.39. The molecule has 5 rings (SSSR count). The zero-order chi connectivity index (χ0) is 31.8. The molecule has 8 heteroatoms. The molecule has 8 nitrogen and oxygen atoms in total. The number of benzene rings is 4. The number of nitrogens with one attached hydrogen (secondary N) is 1. The van der Waals surface area contributed by atoms with Crippen LogP contribution in [0.25, 0.3) is 10.8 Å². The molecule has 4 atom stereocenters. The van der Waals surface area contributed by atoms with E-state index in [0.717, 1.165) is 16.7 Å². The third-order valence-electron chi connectivity index (χ3n) is 8.53. The molecule has 236 valence electrons. The van der Waals surface area contributed by atoms with Gasteiger partial charge < -0.3 is 25.0 Å². The summed E-state index contributed by atoms with van der Waals surface area (Å²) in [5, 5.41) is 23.6. The van der Waals surface area contributed by atoms with Crippen LogP contribution in [-0.4, -0.2) is 46.7 Å². The van der Waals surface area contributed by atoms with Crippen LogP contribution in [0.5, 0.6) is 0 Å². The summed E-state index contributed by atoms with van der Waals surface area (Å²) >= 11 is 0. The topological polar surface area (TPSA) is 108 Å². The summed E-state index contributed by atoms with van der Waals surface area (Å²) in [6.07, 6.45) is 1.11. The Morgan fingerprint density at radius 3 is 2.29 bits per heavy atom. The van der Waals surface area contributed by atoms with E-state index in [0.29, 0.717) is 31.5 Å². The van der Waals surface area contributed by atoms with Gasteiger partial charge in [-0.15, -0.1) is 0 Å². The van der Waals surface area contributed by atoms with Crippen LogP contribution in [0.2, 0.25) is 0 Å². The Labute approximate surface area is 264 Å². The number of anilines is 1. The molecule has 1 aliphatic rings. The van der Waals surface area contributed by atoms with Crippen LogP contribution in [0.4, 0.5) is 5.69 Å². The highest BCUT2D eigenvalue weighted by molar-refractivity contribution is 5.90. The molecule has 0 aromatic heterocycles. The summed E-state index contributed by atoms with van der Waals surface area (Å²) in [6.45, 7) is 2.91. The van der Waals surface area contributed by atoms with Crippen LogP contribution < -0.4 is 5.32 Å². The van der Waals surface area contributed by atoms with Crippen molar-refractivity contribution in [1.29, 1.82) is 0 Å². The van der Waals surface area contributed by atoms with Crippen molar-refractivity contribution in [2.24, 2.45) is 0 Å². The highest BCUT2D eigenvalue weighted by Gasteiger charge is 2.33. The second-order valence-corrected chi connectivity index (χ2v) is 11.8. The first-order valence-corrected chi connectivity index (χ1v) is 15.6. The number of carboxylic acid groups (broad SMARTS) is 1. The Balaban J connectivity index is 1.28. The summed E-state index contributed by atoms with van der Waals surface area (Å²) in [5.74, 6) is -0.996. The molecule has 0 spiro atoms. The van der Waals surface area contributed by atoms with Crippen LogP contribution in [0.15, 0.2) is 91.0 Å². The maximum absolute atomic E-state index is 12.3. The van der Waals surface area contributed by atoms with Crippen molar-refractivity contribution in [2.75, 3.05) is 18.9 Å². The molecule has 4 unspecified atom stereocenters. The Hall–Kier alpha value is -4.08. The molecule has 0 saturated carbocycles. The number of hydrogen-bond acceptors (Lipinski definition) is 6. The van der Waals surface area contributed by atoms with Gasteiger partial charge in [-0.3, -0.25) is 14.5 Å². The molecule has 1 saturated heterocycles. The molecule has 1 heterocycles. The van der Waals surface area contributed by atoms with Crippen LogP contribution in [0.1, 0.15) is 79.7 Å². The number of unbranched alkanes of at least 4 members (excludes halogenated alkanes) is 1. The minimum Gasteiger partial charge on any atom is -0.481 e. The Morgan fingerprint density at radius 2 is 1.58 bits per heavy atom. The molecule has 0 aliphatic carbocycles. The minimum atomic E-state index is -0.851. The molecule has 0 bridgehead atoms. The van der Waals surface area contributed by atoms with Gasteiger partial charge in [0, 0.05) is 43.1 Å². The Kier molecular flexibility index (Phi) is 11.0. The predicted molar refractivity (Wildman–Crippen MR) is 175 cm³/mol. The van der Waals surface area contributed by atoms with E-state index in [1.54, 1.807) is 0 Å². The quantitative estimate of drug-likeness (QED) is 0.138. The van der Waals surface area contributed by atoms with Crippen molar-refractivity contribution in [3.63, 3.8) is 0 Å². The van der Waals surface area contributed by atoms with Gasteiger partial charge in [0.05, 0.1) is 18.8 Å². The van der Waals surface area contributed by atoms with Crippen LogP contribution in [0.3, 0.4) is 0 Å². The molecular weight excluding hydrogens is 568 g/mol. The standard InChI is InChI=1S/C37H42N2O6/c1-25(30-16-15-27-7-3-4-8-31(27)21-30)39(2)23-33-22-34(28-13-11-26(24-40)12-14-28)45-37(44-33)29-17-19-32(20-18-29)38-35(41)9-5-6-10-36(42)43/h3-4,7-8,11-21,25,33-34,37,40H,5-6,9-10,22-24H2,1-2H3,(H,38,41)(H,42,43). The van der Waals surface area contributed by atoms with E-state index in [4.69, 9.17) is 14.6 Å². The van der Waals surface area contributed by atoms with Crippen LogP contribution in [-0.2, 0) is 25.7 Å². The smallest absolute Gasteiger partial charge is 0.303 e. The number of rotatable bonds is 13. The van der Waals surface area contributed by atoms with Crippen molar-refractivity contribution in [1.82, 2.24) is 4.90 Å². The van der Waals surface area contributed by atoms with Crippen molar-refractivity contribution < 1.29 is 29.3 Å². The number of aliphatic hydroxyl groups is 1. The average Bonchev–Trinajstić information content (AvgIpc) is 3.06. The number of aliphatic hydroxyl groups excluding tert-OH is 1. The lowest BCUT2D eigenvalue weighted by atomic mass is 9.98. The molecule has 4 aromatic carbocycles. The van der Waals surface area contributed by atoms with Gasteiger partial charge in [0.25, 0.3) is 0 Å². The molecule has 1 fully saturated rings. The van der Waals surface area contributed by atoms with E-state index in [-0.39, 0.29) is 43.6 Å². The summed E-state index contributed by atoms with van der Waals surface area (Å²) < 4.78 is 13.1. The SMILES string of the molecule is CC(c1ccc2ccccc2c1)N(C)CC1CC(c2ccc(CO)cc2)OC(c2ccc(NC(=O)CCCCC(=O)O)cc2)O1. The molecule has 45 heavy (non-hydrogen) atoms. The maximum atomic E-state index is 12.3. The Morgan fingerprint density at radius 1 is 0.889 bits per heavy atom. The van der Waals surface area contributed by atoms with Crippen LogP contribution >= 0.6 is 0 Å². The fraction of sp³-hybridized carbons (Fsp3) is 0.351. The highest BCUT2D eigenvalue weighted by atomic mass is 16.7. The fourth-order valence-corrected chi connectivity index (χ4v) is 5.74. The first-order chi connectivity index (χ1) is 21.8. The lowest BCUT2D eigenvalue weighted by Crippen LogP contribution is -2.38. The van der Waals surface area contributed by atoms with E-state index < -0.39 is 12.3 Å². The van der Waals surface area contributed by atoms with Crippen LogP contribution in [0, 0.1) is 0 Å². The molecule has 3 N–H and O–H groups in total. The number of fused-ring (bicyclic) bond motifs is 1. The van der Waals surface area contributed by atoms with Gasteiger partial charge in [0.15, 0.2) is 6.29 Å². The van der Waals surface area contributed by atoms with E-state index in [1.807, 2.05) is 48.5 Å². The van der Waals surface area contributed by atoms with Crippen molar-refractivity contribution >= 4 is 28.3 Å². The van der Waals surface area contributed by atoms with E-state index >= 15 is 0 Å². The molecule has 1 amide bonds. The number of likely N-dealkylation sites (N-methyl/N-ethyl adjacent to an activating group) is 1. The first-order valence-electron chi connectivity index (χ1n) is 15.6. The third kappa shape index (κ3) is 8.77. The van der Waals surface area contributed by atoms with Gasteiger partial charge in [0.2, 0.25) is 5.91 Å². The first kappa shape index (κ1) is 32.3. The number of ether oxygens (including phenoxy) is 2. The van der Waals surface area contributed by atoms with E-state index in [9.17, 15) is 14.7 Å². The van der Waals surface area contributed by atoms with Crippen molar-refractivity contribution in [3.05, 3.63) is 113 Å². The number of carbonyl (C=O) groups excluding carboxylic acids is 1. The van der Waals surface area contributed by atoms with Crippen molar-refractivity contribution in [2.45, 2.75) is 70.2 Å². The van der Waals surface area contributed by atoms with E-state index in [2.05, 4.69) is 66.7 Å². The second-order valence-electron chi connectivity index (χ2n) is 11.8. The van der Waals surface area contributed by atoms with E-state index in [1.165, 1.54) is 16.3 Å². The fourth-order valence-electron chi connectivity index (χ4n) is 5.74. The summed E-state index contributed by atoms with van der Waals surface area (Å²) in [5.41, 5.74) is 4.64. The second kappa shape index (κ2) is 15.3. The van der Waals surface area contributed by atoms with Gasteiger partial charge in [-0.2, -0.15) is 0 Å². The van der Waals surface area contributed by atoms with Gasteiger partial charge in [-0.25, -0.2) is 0 Å². The maximum Gasteiger partial charge on any atom is 0.303 e. The van der Waals surface area contributed by atoms with Gasteiger partial charge in [0.1, 0.15) is 0 Å². The number of amides is 1. The summed E-state index contributed by atoms with van der Waals surface area (Å²) in [7, 11) is 2.12. The number of carbonyl (C=O) groups is 2. The highest BCUT2D eigenvalue weighted by Crippen LogP contribution is 2.39. The third-order valence-corrected chi connectivity index (χ3v) is 8.53. The molecular formula is C37H42N2O6. The summed E-state index contributed by atoms with van der Waals surface area (Å²) in [6, 6.07) is 30.5. The minimum absolute atomic E-state index is 0.0111. The van der Waals surface area contributed by atoms with Crippen molar-refractivity contribution in [3.8, 4) is 0 Å². The lowest BCUT2D eigenvalue weighted by molar-refractivity contribution is -0.253. The van der Waals surface area contributed by atoms with Gasteiger partial charge >= 0.3 is 5.97 Å². The number of carboxylic acids is 1. The van der Waals surface area contributed by atoms with Gasteiger partial charge in [-0.1, -0.05) is 72.8 Å². The zero-order valence-electron chi connectivity index (χ0n) is 25.9. The average molecular weight is 611 g/mol. The summed E-state index contributed by atoms with van der Waals surface area (Å²) in [4.78, 5) is 25.3. The molecule has 0 radical (unpaired) electrons. The largest absolute Gasteiger partial charge is 0.481 e. The molecule has 4 aromatic rings. The predicted octanol–water partition coefficient (Wildman–Crippen LogP) is 7.15. The normalized spacial score (nSPS) is 19.0. The van der Waals surface area contributed by atoms with Gasteiger partial charge in [-0.05, 0) is 72.5 Å². The number of hydrogen-bond donors (Lipinski definition) is 3. The monoisotopic (exact) mass is 610 g/mol.